The number of rotatable bonds is 10. The molecule has 0 aromatic heterocycles. The van der Waals surface area contributed by atoms with Crippen molar-refractivity contribution in [3.63, 3.8) is 0 Å². The lowest BCUT2D eigenvalue weighted by Crippen LogP contribution is -2.21. The van der Waals surface area contributed by atoms with Gasteiger partial charge in [0.15, 0.2) is 6.61 Å². The van der Waals surface area contributed by atoms with Crippen molar-refractivity contribution in [3.05, 3.63) is 82.8 Å². The predicted octanol–water partition coefficient (Wildman–Crippen LogP) is 5.84. The van der Waals surface area contributed by atoms with Gasteiger partial charge < -0.3 is 20.1 Å². The topological polar surface area (TPSA) is 93.7 Å². The monoisotopic (exact) mass is 524 g/mol. The molecule has 0 aliphatic rings. The largest absolute Gasteiger partial charge is 0.457 e. The third-order valence-electron chi connectivity index (χ3n) is 4.76. The van der Waals surface area contributed by atoms with Crippen LogP contribution in [0.2, 0.25) is 0 Å². The Morgan fingerprint density at radius 1 is 0.794 bits per heavy atom. The summed E-state index contributed by atoms with van der Waals surface area (Å²) in [5.41, 5.74) is 2.22. The molecule has 7 nitrogen and oxygen atoms in total. The second kappa shape index (κ2) is 12.6. The minimum absolute atomic E-state index is 0.0467. The van der Waals surface area contributed by atoms with Crippen molar-refractivity contribution in [1.29, 1.82) is 0 Å². The standard InChI is InChI=1S/C26H25BrN2O5/c1-18-5-2-3-6-23(18)29-25(31)17-33-26(32)8-4-7-24(30)28-20-11-15-22(16-12-20)34-21-13-9-19(27)10-14-21/h2-3,5-6,9-16H,4,7-8,17H2,1H3,(H,28,30)(H,29,31). The van der Waals surface area contributed by atoms with Crippen LogP contribution in [0.3, 0.4) is 0 Å². The molecule has 0 radical (unpaired) electrons. The molecule has 3 aromatic carbocycles. The van der Waals surface area contributed by atoms with Gasteiger partial charge in [-0.3, -0.25) is 14.4 Å². The van der Waals surface area contributed by atoms with Crippen LogP contribution in [0.1, 0.15) is 24.8 Å². The number of para-hydroxylation sites is 1. The fourth-order valence-corrected chi connectivity index (χ4v) is 3.24. The number of benzene rings is 3. The highest BCUT2D eigenvalue weighted by atomic mass is 79.9. The van der Waals surface area contributed by atoms with E-state index in [1.165, 1.54) is 0 Å². The normalized spacial score (nSPS) is 10.3. The molecule has 0 heterocycles. The second-order valence-corrected chi connectivity index (χ2v) is 8.42. The number of nitrogens with one attached hydrogen (secondary N) is 2. The predicted molar refractivity (Wildman–Crippen MR) is 134 cm³/mol. The minimum Gasteiger partial charge on any atom is -0.457 e. The lowest BCUT2D eigenvalue weighted by atomic mass is 10.2. The summed E-state index contributed by atoms with van der Waals surface area (Å²) < 4.78 is 11.7. The lowest BCUT2D eigenvalue weighted by Gasteiger charge is -2.09. The summed E-state index contributed by atoms with van der Waals surface area (Å²) in [6.45, 7) is 1.51. The summed E-state index contributed by atoms with van der Waals surface area (Å²) in [6, 6.07) is 21.8. The van der Waals surface area contributed by atoms with Crippen LogP contribution in [-0.4, -0.2) is 24.4 Å². The Hall–Kier alpha value is -3.65. The van der Waals surface area contributed by atoms with Crippen molar-refractivity contribution in [1.82, 2.24) is 0 Å². The quantitative estimate of drug-likeness (QED) is 0.325. The van der Waals surface area contributed by atoms with Crippen LogP contribution in [0.15, 0.2) is 77.3 Å². The molecule has 0 saturated carbocycles. The molecule has 0 unspecified atom stereocenters. The van der Waals surface area contributed by atoms with Gasteiger partial charge in [-0.25, -0.2) is 0 Å². The van der Waals surface area contributed by atoms with E-state index in [2.05, 4.69) is 26.6 Å². The van der Waals surface area contributed by atoms with E-state index in [1.54, 1.807) is 30.3 Å². The van der Waals surface area contributed by atoms with Gasteiger partial charge in [-0.05, 0) is 73.5 Å². The highest BCUT2D eigenvalue weighted by molar-refractivity contribution is 9.10. The summed E-state index contributed by atoms with van der Waals surface area (Å²) in [5, 5.41) is 5.48. The number of carbonyl (C=O) groups excluding carboxylic acids is 3. The Morgan fingerprint density at radius 3 is 2.12 bits per heavy atom. The Labute approximate surface area is 206 Å². The van der Waals surface area contributed by atoms with Crippen LogP contribution >= 0.6 is 15.9 Å². The van der Waals surface area contributed by atoms with E-state index in [9.17, 15) is 14.4 Å². The van der Waals surface area contributed by atoms with E-state index < -0.39 is 11.9 Å². The molecule has 2 N–H and O–H groups in total. The third-order valence-corrected chi connectivity index (χ3v) is 5.28. The Bertz CT molecular complexity index is 1130. The van der Waals surface area contributed by atoms with Crippen molar-refractivity contribution in [2.45, 2.75) is 26.2 Å². The number of ether oxygens (including phenoxy) is 2. The van der Waals surface area contributed by atoms with Gasteiger partial charge in [0.2, 0.25) is 5.91 Å². The summed E-state index contributed by atoms with van der Waals surface area (Å²) in [4.78, 5) is 35.9. The number of amides is 2. The smallest absolute Gasteiger partial charge is 0.306 e. The molecule has 3 rings (SSSR count). The number of aryl methyl sites for hydroxylation is 1. The van der Waals surface area contributed by atoms with Gasteiger partial charge in [-0.1, -0.05) is 34.1 Å². The zero-order chi connectivity index (χ0) is 24.3. The number of esters is 1. The van der Waals surface area contributed by atoms with Crippen LogP contribution in [-0.2, 0) is 19.1 Å². The molecule has 0 bridgehead atoms. The van der Waals surface area contributed by atoms with E-state index >= 15 is 0 Å². The van der Waals surface area contributed by atoms with Crippen molar-refractivity contribution >= 4 is 45.1 Å². The maximum atomic E-state index is 12.1. The fraction of sp³-hybridized carbons (Fsp3) is 0.192. The fourth-order valence-electron chi connectivity index (χ4n) is 2.98. The highest BCUT2D eigenvalue weighted by Crippen LogP contribution is 2.24. The van der Waals surface area contributed by atoms with Crippen molar-refractivity contribution in [3.8, 4) is 11.5 Å². The zero-order valence-corrected chi connectivity index (χ0v) is 20.3. The molecule has 0 fully saturated rings. The molecule has 3 aromatic rings. The van der Waals surface area contributed by atoms with Crippen molar-refractivity contribution in [2.75, 3.05) is 17.2 Å². The third kappa shape index (κ3) is 8.37. The van der Waals surface area contributed by atoms with E-state index in [0.717, 1.165) is 10.0 Å². The first-order valence-electron chi connectivity index (χ1n) is 10.7. The SMILES string of the molecule is Cc1ccccc1NC(=O)COC(=O)CCCC(=O)Nc1ccc(Oc2ccc(Br)cc2)cc1. The first-order valence-corrected chi connectivity index (χ1v) is 11.5. The molecule has 0 aliphatic carbocycles. The van der Waals surface area contributed by atoms with Crippen LogP contribution in [0.25, 0.3) is 0 Å². The Kier molecular flexibility index (Phi) is 9.22. The first-order chi connectivity index (χ1) is 16.4. The number of hydrogen-bond donors (Lipinski definition) is 2. The highest BCUT2D eigenvalue weighted by Gasteiger charge is 2.10. The Balaban J connectivity index is 1.33. The van der Waals surface area contributed by atoms with E-state index in [1.807, 2.05) is 49.4 Å². The molecule has 8 heteroatoms. The molecule has 2 amide bonds. The molecule has 0 saturated heterocycles. The first kappa shape index (κ1) is 25.0. The minimum atomic E-state index is -0.526. The molecular formula is C26H25BrN2O5. The molecule has 0 spiro atoms. The van der Waals surface area contributed by atoms with Crippen molar-refractivity contribution in [2.24, 2.45) is 0 Å². The summed E-state index contributed by atoms with van der Waals surface area (Å²) in [7, 11) is 0. The van der Waals surface area contributed by atoms with Crippen LogP contribution in [0.5, 0.6) is 11.5 Å². The lowest BCUT2D eigenvalue weighted by molar-refractivity contribution is -0.147. The van der Waals surface area contributed by atoms with Gasteiger partial charge >= 0.3 is 5.97 Å². The molecule has 0 atom stereocenters. The van der Waals surface area contributed by atoms with Crippen LogP contribution < -0.4 is 15.4 Å². The molecule has 176 valence electrons. The van der Waals surface area contributed by atoms with Crippen molar-refractivity contribution < 1.29 is 23.9 Å². The summed E-state index contributed by atoms with van der Waals surface area (Å²) in [6.07, 6.45) is 0.515. The summed E-state index contributed by atoms with van der Waals surface area (Å²) in [5.74, 6) is 0.205. The second-order valence-electron chi connectivity index (χ2n) is 7.51. The number of halogens is 1. The number of carbonyl (C=O) groups is 3. The number of hydrogen-bond acceptors (Lipinski definition) is 5. The zero-order valence-electron chi connectivity index (χ0n) is 18.7. The van der Waals surface area contributed by atoms with E-state index in [4.69, 9.17) is 9.47 Å². The van der Waals surface area contributed by atoms with E-state index in [-0.39, 0.29) is 25.4 Å². The average molecular weight is 525 g/mol. The van der Waals surface area contributed by atoms with Gasteiger partial charge in [-0.2, -0.15) is 0 Å². The van der Waals surface area contributed by atoms with Gasteiger partial charge in [-0.15, -0.1) is 0 Å². The summed E-state index contributed by atoms with van der Waals surface area (Å²) >= 11 is 3.38. The Morgan fingerprint density at radius 2 is 1.44 bits per heavy atom. The molecular weight excluding hydrogens is 500 g/mol. The average Bonchev–Trinajstić information content (AvgIpc) is 2.82. The van der Waals surface area contributed by atoms with Gasteiger partial charge in [0.1, 0.15) is 11.5 Å². The van der Waals surface area contributed by atoms with Gasteiger partial charge in [0.05, 0.1) is 0 Å². The molecule has 34 heavy (non-hydrogen) atoms. The van der Waals surface area contributed by atoms with Gasteiger partial charge in [0, 0.05) is 28.7 Å². The number of anilines is 2. The van der Waals surface area contributed by atoms with Crippen LogP contribution in [0.4, 0.5) is 11.4 Å². The van der Waals surface area contributed by atoms with Gasteiger partial charge in [0.25, 0.3) is 5.91 Å². The molecule has 0 aliphatic heterocycles. The van der Waals surface area contributed by atoms with Crippen LogP contribution in [0, 0.1) is 6.92 Å². The maximum absolute atomic E-state index is 12.1. The maximum Gasteiger partial charge on any atom is 0.306 e. The van der Waals surface area contributed by atoms with E-state index in [0.29, 0.717) is 29.3 Å².